The number of ether oxygens (including phenoxy) is 2. The highest BCUT2D eigenvalue weighted by Gasteiger charge is 2.18. The fraction of sp³-hybridized carbons (Fsp3) is 0.231. The predicted molar refractivity (Wildman–Crippen MR) is 177 cm³/mol. The molecule has 0 spiro atoms. The lowest BCUT2D eigenvalue weighted by Gasteiger charge is -2.23. The average molecular weight is 554 g/mol. The SMILES string of the molecule is CCC(C)(C)c1ccc(-c2ccc3c(c2)c2cc(-c4ccc(OCOC(C)C)cc4)ccc2n3-c2ccccc2)cc1. The van der Waals surface area contributed by atoms with Gasteiger partial charge in [0, 0.05) is 16.5 Å². The normalized spacial score (nSPS) is 12.0. The maximum atomic E-state index is 5.75. The third-order valence-corrected chi connectivity index (χ3v) is 8.48. The van der Waals surface area contributed by atoms with E-state index in [4.69, 9.17) is 9.47 Å². The standard InChI is InChI=1S/C39H39NO2/c1-6-39(4,5)32-18-12-28(13-19-32)30-16-22-37-35(24-30)36-25-31(17-23-38(36)40(37)33-10-8-7-9-11-33)29-14-20-34(21-15-29)42-26-41-27(2)3/h7-25,27H,6,26H2,1-5H3. The van der Waals surface area contributed by atoms with Crippen LogP contribution < -0.4 is 4.74 Å². The number of nitrogens with zero attached hydrogens (tertiary/aromatic N) is 1. The second-order valence-electron chi connectivity index (χ2n) is 12.0. The number of aromatic nitrogens is 1. The molecule has 0 saturated carbocycles. The van der Waals surface area contributed by atoms with Gasteiger partial charge < -0.3 is 14.0 Å². The van der Waals surface area contributed by atoms with E-state index in [-0.39, 0.29) is 18.3 Å². The Balaban J connectivity index is 1.44. The molecule has 0 fully saturated rings. The lowest BCUT2D eigenvalue weighted by Crippen LogP contribution is -2.14. The molecule has 42 heavy (non-hydrogen) atoms. The van der Waals surface area contributed by atoms with Gasteiger partial charge >= 0.3 is 0 Å². The Morgan fingerprint density at radius 1 is 0.643 bits per heavy atom. The topological polar surface area (TPSA) is 23.4 Å². The molecule has 0 N–H and O–H groups in total. The zero-order valence-corrected chi connectivity index (χ0v) is 25.2. The van der Waals surface area contributed by atoms with Crippen LogP contribution in [0.3, 0.4) is 0 Å². The van der Waals surface area contributed by atoms with Gasteiger partial charge in [0.1, 0.15) is 5.75 Å². The largest absolute Gasteiger partial charge is 0.468 e. The third kappa shape index (κ3) is 5.45. The van der Waals surface area contributed by atoms with Gasteiger partial charge in [0.25, 0.3) is 0 Å². The summed E-state index contributed by atoms with van der Waals surface area (Å²) < 4.78 is 13.7. The van der Waals surface area contributed by atoms with Crippen LogP contribution >= 0.6 is 0 Å². The van der Waals surface area contributed by atoms with Crippen molar-refractivity contribution in [3.8, 4) is 33.7 Å². The van der Waals surface area contributed by atoms with E-state index in [1.807, 2.05) is 26.0 Å². The molecular weight excluding hydrogens is 514 g/mol. The molecule has 1 heterocycles. The highest BCUT2D eigenvalue weighted by atomic mass is 16.7. The van der Waals surface area contributed by atoms with Crippen LogP contribution in [0.4, 0.5) is 0 Å². The van der Waals surface area contributed by atoms with E-state index in [1.165, 1.54) is 44.1 Å². The molecule has 6 rings (SSSR count). The molecular formula is C39H39NO2. The Morgan fingerprint density at radius 3 is 1.69 bits per heavy atom. The second kappa shape index (κ2) is 11.5. The molecule has 6 aromatic rings. The lowest BCUT2D eigenvalue weighted by molar-refractivity contribution is -0.0199. The Kier molecular flexibility index (Phi) is 7.62. The molecule has 0 radical (unpaired) electrons. The number of para-hydroxylation sites is 1. The van der Waals surface area contributed by atoms with Gasteiger partial charge in [-0.1, -0.05) is 87.5 Å². The summed E-state index contributed by atoms with van der Waals surface area (Å²) in [7, 11) is 0. The van der Waals surface area contributed by atoms with E-state index in [0.717, 1.165) is 23.4 Å². The van der Waals surface area contributed by atoms with E-state index >= 15 is 0 Å². The Hall–Kier alpha value is -4.34. The summed E-state index contributed by atoms with van der Waals surface area (Å²) in [5, 5.41) is 2.49. The van der Waals surface area contributed by atoms with E-state index in [0.29, 0.717) is 0 Å². The van der Waals surface area contributed by atoms with Gasteiger partial charge in [-0.15, -0.1) is 0 Å². The highest BCUT2D eigenvalue weighted by Crippen LogP contribution is 2.38. The van der Waals surface area contributed by atoms with Gasteiger partial charge in [-0.2, -0.15) is 0 Å². The van der Waals surface area contributed by atoms with Gasteiger partial charge in [0.05, 0.1) is 17.1 Å². The number of benzene rings is 5. The van der Waals surface area contributed by atoms with Crippen molar-refractivity contribution in [3.63, 3.8) is 0 Å². The first-order chi connectivity index (χ1) is 20.3. The van der Waals surface area contributed by atoms with Crippen molar-refractivity contribution in [2.45, 2.75) is 52.6 Å². The number of fused-ring (bicyclic) bond motifs is 3. The van der Waals surface area contributed by atoms with Crippen LogP contribution in [0, 0.1) is 0 Å². The van der Waals surface area contributed by atoms with Gasteiger partial charge in [-0.25, -0.2) is 0 Å². The van der Waals surface area contributed by atoms with Crippen molar-refractivity contribution in [2.75, 3.05) is 6.79 Å². The molecule has 0 amide bonds. The zero-order chi connectivity index (χ0) is 29.3. The third-order valence-electron chi connectivity index (χ3n) is 8.48. The van der Waals surface area contributed by atoms with Crippen LogP contribution in [0.5, 0.6) is 5.75 Å². The van der Waals surface area contributed by atoms with E-state index < -0.39 is 0 Å². The van der Waals surface area contributed by atoms with Crippen LogP contribution in [0.1, 0.15) is 46.6 Å². The summed E-state index contributed by atoms with van der Waals surface area (Å²) >= 11 is 0. The molecule has 0 aliphatic heterocycles. The summed E-state index contributed by atoms with van der Waals surface area (Å²) in [6.07, 6.45) is 1.25. The zero-order valence-electron chi connectivity index (χ0n) is 25.2. The first kappa shape index (κ1) is 27.8. The number of rotatable bonds is 9. The van der Waals surface area contributed by atoms with Crippen LogP contribution in [0.25, 0.3) is 49.7 Å². The Morgan fingerprint density at radius 2 is 1.17 bits per heavy atom. The molecule has 0 unspecified atom stereocenters. The van der Waals surface area contributed by atoms with Crippen molar-refractivity contribution in [1.29, 1.82) is 0 Å². The number of hydrogen-bond acceptors (Lipinski definition) is 2. The highest BCUT2D eigenvalue weighted by molar-refractivity contribution is 6.11. The van der Waals surface area contributed by atoms with Crippen molar-refractivity contribution in [3.05, 3.63) is 121 Å². The van der Waals surface area contributed by atoms with Gasteiger partial charge in [0.15, 0.2) is 6.79 Å². The van der Waals surface area contributed by atoms with Crippen molar-refractivity contribution in [1.82, 2.24) is 4.57 Å². The monoisotopic (exact) mass is 553 g/mol. The molecule has 1 aromatic heterocycles. The first-order valence-electron chi connectivity index (χ1n) is 14.9. The smallest absolute Gasteiger partial charge is 0.189 e. The fourth-order valence-corrected chi connectivity index (χ4v) is 5.54. The first-order valence-corrected chi connectivity index (χ1v) is 14.9. The minimum absolute atomic E-state index is 0.141. The van der Waals surface area contributed by atoms with E-state index in [1.54, 1.807) is 0 Å². The van der Waals surface area contributed by atoms with Crippen molar-refractivity contribution >= 4 is 21.8 Å². The van der Waals surface area contributed by atoms with Gasteiger partial charge in [0.2, 0.25) is 0 Å². The average Bonchev–Trinajstić information content (AvgIpc) is 3.34. The fourth-order valence-electron chi connectivity index (χ4n) is 5.54. The molecule has 0 aliphatic rings. The van der Waals surface area contributed by atoms with E-state index in [2.05, 4.69) is 128 Å². The van der Waals surface area contributed by atoms with Crippen LogP contribution in [-0.2, 0) is 10.2 Å². The molecule has 212 valence electrons. The van der Waals surface area contributed by atoms with Crippen LogP contribution in [0.2, 0.25) is 0 Å². The molecule has 3 heteroatoms. The molecule has 0 saturated heterocycles. The van der Waals surface area contributed by atoms with Crippen molar-refractivity contribution in [2.24, 2.45) is 0 Å². The maximum Gasteiger partial charge on any atom is 0.189 e. The van der Waals surface area contributed by atoms with Gasteiger partial charge in [-0.3, -0.25) is 0 Å². The molecule has 5 aromatic carbocycles. The molecule has 0 atom stereocenters. The lowest BCUT2D eigenvalue weighted by atomic mass is 9.82. The maximum absolute atomic E-state index is 5.75. The summed E-state index contributed by atoms with van der Waals surface area (Å²) in [6.45, 7) is 11.1. The second-order valence-corrected chi connectivity index (χ2v) is 12.0. The summed E-state index contributed by atoms with van der Waals surface area (Å²) in [5.41, 5.74) is 9.91. The quantitative estimate of drug-likeness (QED) is 0.166. The van der Waals surface area contributed by atoms with Crippen molar-refractivity contribution < 1.29 is 9.47 Å². The molecule has 0 aliphatic carbocycles. The minimum Gasteiger partial charge on any atom is -0.468 e. The summed E-state index contributed by atoms with van der Waals surface area (Å²) in [6, 6.07) is 41.7. The van der Waals surface area contributed by atoms with Crippen LogP contribution in [0.15, 0.2) is 115 Å². The number of hydrogen-bond donors (Lipinski definition) is 0. The summed E-state index contributed by atoms with van der Waals surface area (Å²) in [4.78, 5) is 0. The predicted octanol–water partition coefficient (Wildman–Crippen LogP) is 10.6. The Labute approximate surface area is 249 Å². The van der Waals surface area contributed by atoms with Gasteiger partial charge in [-0.05, 0) is 102 Å². The molecule has 3 nitrogen and oxygen atoms in total. The van der Waals surface area contributed by atoms with E-state index in [9.17, 15) is 0 Å². The molecule has 0 bridgehead atoms. The summed E-state index contributed by atoms with van der Waals surface area (Å²) in [5.74, 6) is 0.805. The van der Waals surface area contributed by atoms with Crippen LogP contribution in [-0.4, -0.2) is 17.5 Å². The Bertz CT molecular complexity index is 1810. The minimum atomic E-state index is 0.141.